The summed E-state index contributed by atoms with van der Waals surface area (Å²) in [7, 11) is 0. The molecule has 1 saturated carbocycles. The van der Waals surface area contributed by atoms with Crippen LogP contribution in [-0.2, 0) is 35.2 Å². The van der Waals surface area contributed by atoms with Crippen LogP contribution in [0.2, 0.25) is 13.1 Å². The van der Waals surface area contributed by atoms with E-state index in [1.54, 1.807) is 28.9 Å². The minimum absolute atomic E-state index is 0. The summed E-state index contributed by atoms with van der Waals surface area (Å²) in [4.78, 5) is 0. The molecule has 4 heteroatoms. The maximum Gasteiger partial charge on any atom is -1.00 e. The first-order valence-corrected chi connectivity index (χ1v) is 24.8. The maximum absolute atomic E-state index is 2.46. The van der Waals surface area contributed by atoms with E-state index in [9.17, 15) is 0 Å². The zero-order valence-corrected chi connectivity index (χ0v) is 37.0. The predicted molar refractivity (Wildman–Crippen MR) is 215 cm³/mol. The molecule has 1 fully saturated rings. The molecule has 0 bridgehead atoms. The molecule has 0 saturated heterocycles. The van der Waals surface area contributed by atoms with Gasteiger partial charge in [-0.2, -0.15) is 12.1 Å². The van der Waals surface area contributed by atoms with Crippen LogP contribution >= 0.6 is 0 Å². The van der Waals surface area contributed by atoms with Crippen LogP contribution in [0.3, 0.4) is 0 Å². The molecule has 1 atom stereocenters. The molecule has 0 spiro atoms. The van der Waals surface area contributed by atoms with E-state index in [2.05, 4.69) is 164 Å². The van der Waals surface area contributed by atoms with Gasteiger partial charge in [0, 0.05) is 0 Å². The first-order chi connectivity index (χ1) is 23.5. The summed E-state index contributed by atoms with van der Waals surface area (Å²) in [5.41, 5.74) is 11.6. The Balaban J connectivity index is 0.000000243. The zero-order chi connectivity index (χ0) is 35.1. The van der Waals surface area contributed by atoms with Gasteiger partial charge in [0.25, 0.3) is 0 Å². The molecule has 0 amide bonds. The van der Waals surface area contributed by atoms with Gasteiger partial charge in [-0.15, -0.1) is 69.1 Å². The van der Waals surface area contributed by atoms with Crippen molar-refractivity contribution < 1.29 is 48.1 Å². The fourth-order valence-corrected chi connectivity index (χ4v) is 7.13. The van der Waals surface area contributed by atoms with E-state index >= 15 is 0 Å². The molecular formula is C47H56Cl2SiZr-2. The number of fused-ring (bicyclic) bond motifs is 2. The Morgan fingerprint density at radius 2 is 1.22 bits per heavy atom. The molecular weight excluding hydrogens is 755 g/mol. The first-order valence-electron chi connectivity index (χ1n) is 18.6. The average Bonchev–Trinajstić information content (AvgIpc) is 3.87. The van der Waals surface area contributed by atoms with Gasteiger partial charge in [0.1, 0.15) is 0 Å². The number of halogens is 2. The summed E-state index contributed by atoms with van der Waals surface area (Å²) >= 11 is 1.74. The molecule has 6 aromatic carbocycles. The van der Waals surface area contributed by atoms with E-state index < -0.39 is 0 Å². The van der Waals surface area contributed by atoms with Crippen LogP contribution in [0.4, 0.5) is 0 Å². The molecule has 0 nitrogen and oxygen atoms in total. The normalized spacial score (nSPS) is 13.4. The third-order valence-corrected chi connectivity index (χ3v) is 10.3. The average molecular weight is 811 g/mol. The van der Waals surface area contributed by atoms with Crippen LogP contribution in [0.1, 0.15) is 108 Å². The van der Waals surface area contributed by atoms with E-state index in [1.807, 2.05) is 0 Å². The monoisotopic (exact) mass is 808 g/mol. The van der Waals surface area contributed by atoms with Gasteiger partial charge < -0.3 is 24.8 Å². The first kappa shape index (κ1) is 43.2. The Kier molecular flexibility index (Phi) is 16.7. The van der Waals surface area contributed by atoms with Crippen molar-refractivity contribution >= 4 is 27.0 Å². The van der Waals surface area contributed by atoms with Crippen LogP contribution in [0.5, 0.6) is 0 Å². The number of hydrogen-bond donors (Lipinski definition) is 0. The topological polar surface area (TPSA) is 0 Å². The van der Waals surface area contributed by atoms with E-state index in [4.69, 9.17) is 0 Å². The summed E-state index contributed by atoms with van der Waals surface area (Å²) < 4.78 is 0. The van der Waals surface area contributed by atoms with Crippen LogP contribution in [-0.4, -0.2) is 5.43 Å². The quantitative estimate of drug-likeness (QED) is 0.118. The molecule has 1 aliphatic rings. The molecule has 0 heterocycles. The smallest absolute Gasteiger partial charge is 1.00 e. The zero-order valence-electron chi connectivity index (χ0n) is 32.0. The molecule has 7 rings (SSSR count). The molecule has 0 aromatic heterocycles. The second-order valence-corrected chi connectivity index (χ2v) is 24.7. The summed E-state index contributed by atoms with van der Waals surface area (Å²) in [5.74, 6) is 1.42. The van der Waals surface area contributed by atoms with Crippen molar-refractivity contribution in [3.05, 3.63) is 131 Å². The molecule has 1 unspecified atom stereocenters. The van der Waals surface area contributed by atoms with E-state index in [1.165, 1.54) is 92.6 Å². The third-order valence-electron chi connectivity index (χ3n) is 10.3. The molecule has 6 aromatic rings. The van der Waals surface area contributed by atoms with Crippen LogP contribution < -0.4 is 24.8 Å². The number of aryl methyl sites for hydroxylation is 1. The van der Waals surface area contributed by atoms with Crippen molar-refractivity contribution in [1.29, 1.82) is 0 Å². The van der Waals surface area contributed by atoms with Gasteiger partial charge in [-0.1, -0.05) is 126 Å². The largest absolute Gasteiger partial charge is 1.00 e. The van der Waals surface area contributed by atoms with Gasteiger partial charge in [0.2, 0.25) is 0 Å². The van der Waals surface area contributed by atoms with E-state index in [0.29, 0.717) is 5.92 Å². The minimum atomic E-state index is 0. The van der Waals surface area contributed by atoms with E-state index in [-0.39, 0.29) is 35.7 Å². The van der Waals surface area contributed by atoms with Gasteiger partial charge in [0.15, 0.2) is 0 Å². The van der Waals surface area contributed by atoms with Crippen molar-refractivity contribution in [1.82, 2.24) is 0 Å². The van der Waals surface area contributed by atoms with Crippen molar-refractivity contribution in [2.24, 2.45) is 0 Å². The summed E-state index contributed by atoms with van der Waals surface area (Å²) in [6.45, 7) is 18.2. The van der Waals surface area contributed by atoms with Crippen LogP contribution in [0.25, 0.3) is 43.8 Å². The molecule has 51 heavy (non-hydrogen) atoms. The predicted octanol–water partition coefficient (Wildman–Crippen LogP) is 8.27. The Morgan fingerprint density at radius 1 is 0.725 bits per heavy atom. The summed E-state index contributed by atoms with van der Waals surface area (Å²) in [6.07, 6.45) is 7.82. The van der Waals surface area contributed by atoms with Gasteiger partial charge in [-0.25, -0.2) is 0 Å². The molecule has 268 valence electrons. The van der Waals surface area contributed by atoms with Gasteiger partial charge in [-0.3, -0.25) is 0 Å². The van der Waals surface area contributed by atoms with Crippen molar-refractivity contribution in [3.8, 4) is 22.3 Å². The van der Waals surface area contributed by atoms with Gasteiger partial charge in [-0.05, 0) is 65.2 Å². The fourth-order valence-electron chi connectivity index (χ4n) is 7.13. The third kappa shape index (κ3) is 11.1. The Labute approximate surface area is 336 Å². The van der Waals surface area contributed by atoms with Crippen molar-refractivity contribution in [2.75, 3.05) is 0 Å². The molecule has 0 radical (unpaired) electrons. The van der Waals surface area contributed by atoms with Crippen molar-refractivity contribution in [2.45, 2.75) is 110 Å². The Hall–Kier alpha value is -2.22. The maximum atomic E-state index is 2.46. The SMILES string of the molecule is CC(C)(C)c1ccc(-c2cccc3[cH-]c(C4CCCC4)cc23)cc1.CCc1cc2c(-c3ccc(C(C)CC)cc3)cccc2[cH-]1.C[Si](C)=[Zr+2].[Cl-].[Cl-]. The second kappa shape index (κ2) is 19.7. The van der Waals surface area contributed by atoms with Gasteiger partial charge in [0.05, 0.1) is 0 Å². The fraction of sp³-hybridized carbons (Fsp3) is 0.362. The summed E-state index contributed by atoms with van der Waals surface area (Å²) in [6, 6.07) is 41.2. The van der Waals surface area contributed by atoms with Crippen LogP contribution in [0, 0.1) is 0 Å². The minimum Gasteiger partial charge on any atom is -1.00 e. The van der Waals surface area contributed by atoms with Gasteiger partial charge >= 0.3 is 41.9 Å². The number of benzene rings is 4. The van der Waals surface area contributed by atoms with E-state index in [0.717, 1.165) is 12.3 Å². The Bertz CT molecular complexity index is 1960. The molecule has 0 N–H and O–H groups in total. The standard InChI is InChI=1S/C24H27.C21H23.C2H6Si.2ClH.Zr/c1-24(2,3)21-13-11-18(12-14-21)22-10-6-9-19-15-20(16-23(19)22)17-7-4-5-8-17;1-4-15(3)17-9-11-18(12-10-17)20-8-6-7-19-13-16(5-2)14-21(19)20;1-3-2;;;/h6,9-17H,4-5,7-8H2,1-3H3;6-15H,4-5H2,1-3H3;1-2H3;2*1H;/q2*-1;;;;+2/p-2. The van der Waals surface area contributed by atoms with Crippen LogP contribution in [0.15, 0.2) is 109 Å². The number of rotatable bonds is 6. The molecule has 1 aliphatic carbocycles. The van der Waals surface area contributed by atoms with Crippen molar-refractivity contribution in [3.63, 3.8) is 0 Å². The molecule has 0 aliphatic heterocycles. The second-order valence-electron chi connectivity index (χ2n) is 15.4. The Morgan fingerprint density at radius 3 is 1.71 bits per heavy atom. The summed E-state index contributed by atoms with van der Waals surface area (Å²) in [5, 5.41) is 5.55. The number of hydrogen-bond acceptors (Lipinski definition) is 0.